The van der Waals surface area contributed by atoms with Crippen LogP contribution in [0.1, 0.15) is 40.0 Å². The minimum absolute atomic E-state index is 0.149. The maximum Gasteiger partial charge on any atom is 0.326 e. The highest BCUT2D eigenvalue weighted by Gasteiger charge is 2.41. The smallest absolute Gasteiger partial charge is 0.326 e. The van der Waals surface area contributed by atoms with Gasteiger partial charge >= 0.3 is 5.97 Å². The van der Waals surface area contributed by atoms with Gasteiger partial charge in [-0.1, -0.05) is 0 Å². The molecule has 2 rings (SSSR count). The SMILES string of the molecule is CCOC(=O)C(C)(CC(C)N1CCS(=O)CC1)NC1CC1. The van der Waals surface area contributed by atoms with E-state index in [1.54, 1.807) is 0 Å². The first kappa shape index (κ1) is 16.9. The average Bonchev–Trinajstić information content (AvgIpc) is 3.23. The highest BCUT2D eigenvalue weighted by molar-refractivity contribution is 7.85. The lowest BCUT2D eigenvalue weighted by atomic mass is 9.92. The summed E-state index contributed by atoms with van der Waals surface area (Å²) in [7, 11) is -0.660. The Kier molecular flexibility index (Phi) is 5.80. The zero-order valence-electron chi connectivity index (χ0n) is 13.4. The predicted molar refractivity (Wildman–Crippen MR) is 84.7 cm³/mol. The fourth-order valence-corrected chi connectivity index (χ4v) is 4.06. The highest BCUT2D eigenvalue weighted by Crippen LogP contribution is 2.27. The number of ether oxygens (including phenoxy) is 1. The Morgan fingerprint density at radius 1 is 1.43 bits per heavy atom. The van der Waals surface area contributed by atoms with Crippen LogP contribution in [0.25, 0.3) is 0 Å². The number of hydrogen-bond donors (Lipinski definition) is 1. The Morgan fingerprint density at radius 2 is 2.05 bits per heavy atom. The van der Waals surface area contributed by atoms with Crippen molar-refractivity contribution < 1.29 is 13.7 Å². The van der Waals surface area contributed by atoms with Crippen molar-refractivity contribution in [1.29, 1.82) is 0 Å². The molecule has 0 radical (unpaired) electrons. The van der Waals surface area contributed by atoms with E-state index in [1.165, 1.54) is 0 Å². The van der Waals surface area contributed by atoms with Crippen molar-refractivity contribution in [2.45, 2.75) is 57.7 Å². The Labute approximate surface area is 130 Å². The van der Waals surface area contributed by atoms with Crippen molar-refractivity contribution in [1.82, 2.24) is 10.2 Å². The lowest BCUT2D eigenvalue weighted by molar-refractivity contribution is -0.151. The van der Waals surface area contributed by atoms with Gasteiger partial charge in [0, 0.05) is 47.5 Å². The monoisotopic (exact) mass is 316 g/mol. The van der Waals surface area contributed by atoms with E-state index < -0.39 is 16.3 Å². The first-order valence-electron chi connectivity index (χ1n) is 7.98. The van der Waals surface area contributed by atoms with Crippen molar-refractivity contribution in [2.75, 3.05) is 31.2 Å². The lowest BCUT2D eigenvalue weighted by Gasteiger charge is -2.37. The van der Waals surface area contributed by atoms with Gasteiger partial charge in [0.1, 0.15) is 5.54 Å². The van der Waals surface area contributed by atoms with Crippen LogP contribution in [0.2, 0.25) is 0 Å². The molecular weight excluding hydrogens is 288 g/mol. The van der Waals surface area contributed by atoms with E-state index in [0.717, 1.165) is 43.9 Å². The molecule has 0 spiro atoms. The van der Waals surface area contributed by atoms with Gasteiger partial charge in [0.25, 0.3) is 0 Å². The summed E-state index contributed by atoms with van der Waals surface area (Å²) in [4.78, 5) is 14.7. The zero-order valence-corrected chi connectivity index (χ0v) is 14.2. The van der Waals surface area contributed by atoms with Gasteiger partial charge in [0.15, 0.2) is 0 Å². The Hall–Kier alpha value is -0.460. The summed E-state index contributed by atoms with van der Waals surface area (Å²) in [6, 6.07) is 0.739. The first-order chi connectivity index (χ1) is 9.94. The van der Waals surface area contributed by atoms with Crippen LogP contribution in [0.4, 0.5) is 0 Å². The van der Waals surface area contributed by atoms with E-state index in [4.69, 9.17) is 4.74 Å². The molecule has 0 aromatic carbocycles. The minimum Gasteiger partial charge on any atom is -0.465 e. The molecule has 0 amide bonds. The molecule has 1 heterocycles. The number of nitrogens with zero attached hydrogens (tertiary/aromatic N) is 1. The van der Waals surface area contributed by atoms with E-state index in [0.29, 0.717) is 12.6 Å². The largest absolute Gasteiger partial charge is 0.465 e. The van der Waals surface area contributed by atoms with Gasteiger partial charge in [-0.3, -0.25) is 19.2 Å². The molecule has 2 atom stereocenters. The molecule has 2 aliphatic rings. The maximum absolute atomic E-state index is 12.3. The minimum atomic E-state index is -0.660. The van der Waals surface area contributed by atoms with Gasteiger partial charge in [-0.25, -0.2) is 0 Å². The number of nitrogens with one attached hydrogen (secondary N) is 1. The van der Waals surface area contributed by atoms with Crippen molar-refractivity contribution in [2.24, 2.45) is 0 Å². The Morgan fingerprint density at radius 3 is 2.57 bits per heavy atom. The summed E-state index contributed by atoms with van der Waals surface area (Å²) in [5.74, 6) is 1.34. The van der Waals surface area contributed by atoms with Crippen LogP contribution in [0, 0.1) is 0 Å². The van der Waals surface area contributed by atoms with Crippen LogP contribution in [-0.4, -0.2) is 63.9 Å². The molecule has 1 saturated heterocycles. The van der Waals surface area contributed by atoms with E-state index in [2.05, 4.69) is 17.1 Å². The van der Waals surface area contributed by atoms with Crippen LogP contribution in [-0.2, 0) is 20.3 Å². The summed E-state index contributed by atoms with van der Waals surface area (Å²) < 4.78 is 16.7. The molecule has 0 aromatic heterocycles. The normalized spacial score (nSPS) is 25.3. The molecule has 2 fully saturated rings. The number of esters is 1. The number of rotatable bonds is 7. The summed E-state index contributed by atoms with van der Waals surface area (Å²) in [6.07, 6.45) is 3.02. The van der Waals surface area contributed by atoms with Crippen LogP contribution >= 0.6 is 0 Å². The van der Waals surface area contributed by atoms with E-state index in [-0.39, 0.29) is 12.0 Å². The molecule has 1 saturated carbocycles. The van der Waals surface area contributed by atoms with Crippen molar-refractivity contribution in [3.8, 4) is 0 Å². The fourth-order valence-electron chi connectivity index (χ4n) is 2.98. The molecule has 5 nitrogen and oxygen atoms in total. The third kappa shape index (κ3) is 4.76. The topological polar surface area (TPSA) is 58.6 Å². The van der Waals surface area contributed by atoms with Crippen LogP contribution in [0.5, 0.6) is 0 Å². The number of hydrogen-bond acceptors (Lipinski definition) is 5. The molecule has 122 valence electrons. The molecule has 2 unspecified atom stereocenters. The second-order valence-corrected chi connectivity index (χ2v) is 8.10. The van der Waals surface area contributed by atoms with Gasteiger partial charge in [0.05, 0.1) is 6.61 Å². The van der Waals surface area contributed by atoms with E-state index >= 15 is 0 Å². The summed E-state index contributed by atoms with van der Waals surface area (Å²) in [5.41, 5.74) is -0.618. The predicted octanol–water partition coefficient (Wildman–Crippen LogP) is 0.903. The Bertz CT molecular complexity index is 390. The molecule has 6 heteroatoms. The van der Waals surface area contributed by atoms with E-state index in [9.17, 15) is 9.00 Å². The second kappa shape index (κ2) is 7.20. The third-order valence-corrected chi connectivity index (χ3v) is 5.64. The molecule has 0 bridgehead atoms. The van der Waals surface area contributed by atoms with Crippen molar-refractivity contribution in [3.05, 3.63) is 0 Å². The molecule has 21 heavy (non-hydrogen) atoms. The van der Waals surface area contributed by atoms with Crippen LogP contribution < -0.4 is 5.32 Å². The number of carbonyl (C=O) groups is 1. The summed E-state index contributed by atoms with van der Waals surface area (Å²) in [5, 5.41) is 3.47. The van der Waals surface area contributed by atoms with Gasteiger partial charge in [-0.2, -0.15) is 0 Å². The highest BCUT2D eigenvalue weighted by atomic mass is 32.2. The van der Waals surface area contributed by atoms with Crippen LogP contribution in [0.3, 0.4) is 0 Å². The number of carbonyl (C=O) groups excluding carboxylic acids is 1. The van der Waals surface area contributed by atoms with Crippen molar-refractivity contribution in [3.63, 3.8) is 0 Å². The van der Waals surface area contributed by atoms with E-state index in [1.807, 2.05) is 13.8 Å². The zero-order chi connectivity index (χ0) is 15.5. The van der Waals surface area contributed by atoms with Gasteiger partial charge in [-0.15, -0.1) is 0 Å². The summed E-state index contributed by atoms with van der Waals surface area (Å²) in [6.45, 7) is 8.09. The standard InChI is InChI=1S/C15H28N2O3S/c1-4-20-14(18)15(3,16-13-5-6-13)11-12(2)17-7-9-21(19)10-8-17/h12-13,16H,4-11H2,1-3H3. The van der Waals surface area contributed by atoms with Gasteiger partial charge in [-0.05, 0) is 40.0 Å². The second-order valence-electron chi connectivity index (χ2n) is 6.41. The summed E-state index contributed by atoms with van der Waals surface area (Å²) >= 11 is 0. The van der Waals surface area contributed by atoms with Gasteiger partial charge in [0.2, 0.25) is 0 Å². The van der Waals surface area contributed by atoms with Crippen molar-refractivity contribution >= 4 is 16.8 Å². The lowest BCUT2D eigenvalue weighted by Crippen LogP contribution is -2.56. The molecule has 1 aliphatic heterocycles. The molecule has 1 N–H and O–H groups in total. The maximum atomic E-state index is 12.3. The Balaban J connectivity index is 1.96. The fraction of sp³-hybridized carbons (Fsp3) is 0.933. The average molecular weight is 316 g/mol. The van der Waals surface area contributed by atoms with Gasteiger partial charge < -0.3 is 4.74 Å². The van der Waals surface area contributed by atoms with Crippen LogP contribution in [0.15, 0.2) is 0 Å². The first-order valence-corrected chi connectivity index (χ1v) is 9.47. The quantitative estimate of drug-likeness (QED) is 0.707. The molecular formula is C15H28N2O3S. The molecule has 0 aromatic rings. The third-order valence-electron chi connectivity index (χ3n) is 4.37. The molecule has 1 aliphatic carbocycles.